The number of alkyl carbamates (subject to hydrolysis) is 2. The number of nitrogens with zero attached hydrogens (tertiary/aromatic N) is 4. The lowest BCUT2D eigenvalue weighted by atomic mass is 9.85. The highest BCUT2D eigenvalue weighted by molar-refractivity contribution is 7.91. The monoisotopic (exact) mass is 1520 g/mol. The van der Waals surface area contributed by atoms with Crippen molar-refractivity contribution >= 4 is 91.3 Å². The highest BCUT2D eigenvalue weighted by Crippen LogP contribution is 2.47. The molecule has 4 aliphatic heterocycles. The Kier molecular flexibility index (Phi) is 22.9. The first-order chi connectivity index (χ1) is 50.7. The average molecular weight is 1520 g/mol. The lowest BCUT2D eigenvalue weighted by Crippen LogP contribution is -2.60. The second-order valence-electron chi connectivity index (χ2n) is 31.1. The molecule has 8 bridgehead atoms. The summed E-state index contributed by atoms with van der Waals surface area (Å²) in [7, 11) is -7.37. The lowest BCUT2D eigenvalue weighted by Gasteiger charge is -2.35. The molecule has 10 aliphatic rings. The van der Waals surface area contributed by atoms with Gasteiger partial charge in [-0.05, 0) is 121 Å². The molecule has 8 N–H and O–H groups in total. The van der Waals surface area contributed by atoms with E-state index in [1.54, 1.807) is 26.8 Å². The quantitative estimate of drug-likeness (QED) is 0.0597. The summed E-state index contributed by atoms with van der Waals surface area (Å²) in [4.78, 5) is 120. The zero-order valence-corrected chi connectivity index (χ0v) is 62.3. The molecular formula is C79H96N10O17S2. The van der Waals surface area contributed by atoms with E-state index in [2.05, 4.69) is 56.3 Å². The third-order valence-electron chi connectivity index (χ3n) is 20.9. The number of nitrogens with one attached hydrogen (secondary N) is 5. The van der Waals surface area contributed by atoms with Crippen LogP contribution < -0.4 is 31.1 Å². The summed E-state index contributed by atoms with van der Waals surface area (Å²) < 4.78 is 63.3. The van der Waals surface area contributed by atoms with Crippen LogP contribution in [0.2, 0.25) is 0 Å². The Hall–Kier alpha value is -10.0. The molecular weight excluding hydrogens is 1430 g/mol. The van der Waals surface area contributed by atoms with Gasteiger partial charge < -0.3 is 55.7 Å². The van der Waals surface area contributed by atoms with Gasteiger partial charge in [0.1, 0.15) is 58.9 Å². The second kappa shape index (κ2) is 31.3. The molecule has 4 aromatic carbocycles. The van der Waals surface area contributed by atoms with Crippen molar-refractivity contribution in [1.29, 1.82) is 0 Å². The normalized spacial score (nSPS) is 27.6. The van der Waals surface area contributed by atoms with Crippen LogP contribution in [0.1, 0.15) is 159 Å². The van der Waals surface area contributed by atoms with Crippen LogP contribution >= 0.6 is 0 Å². The number of benzene rings is 4. The molecule has 7 amide bonds. The van der Waals surface area contributed by atoms with Crippen LogP contribution in [0.15, 0.2) is 133 Å². The Bertz CT molecular complexity index is 4630. The fourth-order valence-corrected chi connectivity index (χ4v) is 16.9. The summed E-state index contributed by atoms with van der Waals surface area (Å²) in [6, 6.07) is 23.8. The van der Waals surface area contributed by atoms with E-state index in [1.165, 1.54) is 15.9 Å². The van der Waals surface area contributed by atoms with Crippen molar-refractivity contribution in [2.24, 2.45) is 38.7 Å². The predicted octanol–water partition coefficient (Wildman–Crippen LogP) is 8.60. The number of sulfonamides is 2. The summed E-state index contributed by atoms with van der Waals surface area (Å²) >= 11 is 0. The lowest BCUT2D eigenvalue weighted by molar-refractivity contribution is -0.150. The van der Waals surface area contributed by atoms with Gasteiger partial charge in [0.25, 0.3) is 11.8 Å². The minimum atomic E-state index is -3.89. The number of hydrogen-bond acceptors (Lipinski definition) is 19. The number of rotatable bonds is 11. The molecule has 4 heterocycles. The predicted molar refractivity (Wildman–Crippen MR) is 406 cm³/mol. The Morgan fingerprint density at radius 2 is 1.01 bits per heavy atom. The van der Waals surface area contributed by atoms with Gasteiger partial charge in [-0.2, -0.15) is 0 Å². The van der Waals surface area contributed by atoms with Gasteiger partial charge >= 0.3 is 18.2 Å². The first-order valence-corrected chi connectivity index (χ1v) is 39.3. The molecule has 29 heteroatoms. The van der Waals surface area contributed by atoms with Crippen LogP contribution in [0.25, 0.3) is 34.4 Å². The van der Waals surface area contributed by atoms with E-state index in [-0.39, 0.29) is 58.9 Å². The Morgan fingerprint density at radius 1 is 0.593 bits per heavy atom. The van der Waals surface area contributed by atoms with Crippen LogP contribution in [-0.2, 0) is 68.0 Å². The number of oxime groups is 2. The Balaban J connectivity index is 0.000000184. The second-order valence-corrected chi connectivity index (χ2v) is 35.0. The molecule has 108 heavy (non-hydrogen) atoms. The van der Waals surface area contributed by atoms with Gasteiger partial charge in [0, 0.05) is 46.9 Å². The summed E-state index contributed by atoms with van der Waals surface area (Å²) in [6.07, 6.45) is 13.8. The molecule has 0 spiro atoms. The number of carbonyl (C=O) groups excluding carboxylic acids is 7. The van der Waals surface area contributed by atoms with Gasteiger partial charge in [-0.15, -0.1) is 13.2 Å². The average Bonchev–Trinajstić information content (AvgIpc) is 1.57. The van der Waals surface area contributed by atoms with Gasteiger partial charge in [0.05, 0.1) is 36.8 Å². The third-order valence-corrected chi connectivity index (χ3v) is 24.5. The van der Waals surface area contributed by atoms with Crippen molar-refractivity contribution in [1.82, 2.24) is 35.2 Å². The van der Waals surface area contributed by atoms with Crippen molar-refractivity contribution in [3.05, 3.63) is 156 Å². The maximum absolute atomic E-state index is 14.5. The first-order valence-electron chi connectivity index (χ1n) is 36.2. The number of nitrogens with two attached hydrogens (primary N) is 1. The Morgan fingerprint density at radius 3 is 1.42 bits per heavy atom. The minimum absolute atomic E-state index is 0. The van der Waals surface area contributed by atoms with E-state index in [0.29, 0.717) is 69.2 Å². The number of hydrogen-bond donors (Lipinski definition) is 7. The summed E-state index contributed by atoms with van der Waals surface area (Å²) in [5, 5.41) is 26.3. The standard InChI is InChI=1S/C39H45N5O8S.C30H33N3O6.C9H14N2O3S.CH4/c1-5-24-21-39(24,36(47)43-53(49,50)26-15-16-26)41-34(45)31-20-25-22-44(31)35(46)33(38(2,3)4)40-37(48)51-18-10-6-7-11-23-14-17-28-27-12-8-9-13-29(27)32(42-52-25)30(28)19-23;1-30(2,3)26-27(34)33-17-19(16-24(33)28(35)36)39-32-25-22-11-7-6-10-20(22)21-13-12-18(15-23(21)25)9-5-4-8-14-38-29(37)31-26;1-2-6-5-9(6,10)8(12)11-15(13,14)7-3-4-7;/h5,7-9,11-14,17,19,24-26,31,33H,1,6,10,15-16,18,20-22H2,2-4H3,(H,40,48)(H,41,45)(H,43,47);5-7,9-13,15,19,24,26H,4,8,14,16-17H2,1-3H3,(H,31,37)(H,35,36);2,6-7H,1,3-5,10H2,(H,11,12);1H4/b11-7+,42-32+;9-5+,32-25?;;/t24-,25-,31+,33-,39-;19-,24+,26-;6-,9-;/m111./s1. The SMILES string of the molecule is C.C=C[C@@H]1C[C@]1(N)C(=O)NS(=O)(=O)C1CC1.C=C[C@@H]1C[C@]1(NC(=O)[C@@H]1C[C@@H]2CN1C(=O)[C@H](C(C)(C)C)NC(=O)OCCC/C=C/c1ccc3c(c1)/C(=N/O2)c1ccccc1-3)C(=O)NS(=O)(=O)C1CC1.CC(C)(C)[C@@H]1NC(=O)OCCC/C=C/c2ccc3c(c2)C(=NO[C@@H]2C[C@@H](C(=O)O)N(C2)C1=O)c1ccccc1-3. The van der Waals surface area contributed by atoms with E-state index >= 15 is 0 Å². The number of carboxylic acids is 1. The molecule has 6 fully saturated rings. The fraction of sp³-hybridized carbons (Fsp3) is 0.468. The number of allylic oxidation sites excluding steroid dienone is 2. The third kappa shape index (κ3) is 17.1. The maximum atomic E-state index is 14.5. The molecule has 2 saturated heterocycles. The van der Waals surface area contributed by atoms with E-state index in [1.807, 2.05) is 123 Å². The van der Waals surface area contributed by atoms with Crippen LogP contribution in [0.3, 0.4) is 0 Å². The number of cyclic esters (lactones) is 2. The van der Waals surface area contributed by atoms with Crippen molar-refractivity contribution in [3.8, 4) is 22.3 Å². The van der Waals surface area contributed by atoms with Gasteiger partial charge in [-0.1, -0.05) is 169 Å². The van der Waals surface area contributed by atoms with E-state index in [4.69, 9.17) is 24.9 Å². The van der Waals surface area contributed by atoms with Gasteiger partial charge in [0.15, 0.2) is 0 Å². The van der Waals surface area contributed by atoms with Gasteiger partial charge in [-0.3, -0.25) is 33.4 Å². The minimum Gasteiger partial charge on any atom is -0.480 e. The van der Waals surface area contributed by atoms with Crippen molar-refractivity contribution in [2.45, 2.75) is 184 Å². The van der Waals surface area contributed by atoms with E-state index in [0.717, 1.165) is 55.6 Å². The highest BCUT2D eigenvalue weighted by Gasteiger charge is 2.62. The maximum Gasteiger partial charge on any atom is 0.407 e. The van der Waals surface area contributed by atoms with Crippen molar-refractivity contribution in [2.75, 3.05) is 26.3 Å². The molecule has 6 aliphatic carbocycles. The number of aliphatic carboxylic acids is 1. The highest BCUT2D eigenvalue weighted by atomic mass is 32.2. The largest absolute Gasteiger partial charge is 0.480 e. The summed E-state index contributed by atoms with van der Waals surface area (Å²) in [6.45, 7) is 18.4. The topological polar surface area (TPSA) is 379 Å². The molecule has 0 radical (unpaired) electrons. The first kappa shape index (κ1) is 79.1. The number of carbonyl (C=O) groups is 8. The number of carboxylic acid groups (broad SMARTS) is 1. The van der Waals surface area contributed by atoms with Crippen LogP contribution in [0.5, 0.6) is 0 Å². The van der Waals surface area contributed by atoms with Crippen molar-refractivity contribution < 1.29 is 79.4 Å². The summed E-state index contributed by atoms with van der Waals surface area (Å²) in [5.41, 5.74) is 12.7. The smallest absolute Gasteiger partial charge is 0.407 e. The fourth-order valence-electron chi connectivity index (χ4n) is 14.2. The number of amides is 7. The van der Waals surface area contributed by atoms with E-state index < -0.39 is 142 Å². The molecule has 576 valence electrons. The van der Waals surface area contributed by atoms with E-state index in [9.17, 15) is 60.3 Å². The van der Waals surface area contributed by atoms with Crippen molar-refractivity contribution in [3.63, 3.8) is 0 Å². The molecule has 0 aromatic heterocycles. The molecule has 10 atom stereocenters. The van der Waals surface area contributed by atoms with Gasteiger partial charge in [0.2, 0.25) is 37.8 Å². The zero-order chi connectivity index (χ0) is 76.7. The molecule has 0 unspecified atom stereocenters. The molecule has 14 rings (SSSR count). The van der Waals surface area contributed by atoms with Crippen LogP contribution in [-0.4, -0.2) is 175 Å². The molecule has 27 nitrogen and oxygen atoms in total. The molecule has 4 aromatic rings. The number of fused-ring (bicyclic) bond motifs is 12. The molecule has 4 saturated carbocycles. The van der Waals surface area contributed by atoms with Crippen LogP contribution in [0, 0.1) is 22.7 Å². The van der Waals surface area contributed by atoms with Gasteiger partial charge in [-0.25, -0.2) is 31.2 Å². The zero-order valence-electron chi connectivity index (χ0n) is 60.7. The van der Waals surface area contributed by atoms with Crippen LogP contribution in [0.4, 0.5) is 9.59 Å². The summed E-state index contributed by atoms with van der Waals surface area (Å²) in [5.74, 6) is -4.88. The Labute approximate surface area is 629 Å². The number of ether oxygens (including phenoxy) is 2.